The van der Waals surface area contributed by atoms with E-state index in [1.807, 2.05) is 35.8 Å². The van der Waals surface area contributed by atoms with Gasteiger partial charge in [-0.25, -0.2) is 0 Å². The van der Waals surface area contributed by atoms with Crippen molar-refractivity contribution in [2.75, 3.05) is 60.4 Å². The summed E-state index contributed by atoms with van der Waals surface area (Å²) in [5.41, 5.74) is 6.31. The predicted octanol–water partition coefficient (Wildman–Crippen LogP) is -0.314. The minimum atomic E-state index is -0.0741. The molecular formula is C15H27N7. The van der Waals surface area contributed by atoms with Crippen LogP contribution >= 0.6 is 0 Å². The SMILES string of the molecule is CN(CC#N)CCC(CN(C)CC#N)C(N)CN(C)CC#N. The second-order valence-electron chi connectivity index (χ2n) is 5.82. The molecule has 0 spiro atoms. The monoisotopic (exact) mass is 305 g/mol. The first-order valence-electron chi connectivity index (χ1n) is 7.36. The van der Waals surface area contributed by atoms with Gasteiger partial charge in [0.1, 0.15) is 0 Å². The second kappa shape index (κ2) is 11.9. The van der Waals surface area contributed by atoms with Gasteiger partial charge in [0, 0.05) is 19.1 Å². The quantitative estimate of drug-likeness (QED) is 0.521. The molecule has 7 heteroatoms. The van der Waals surface area contributed by atoms with Crippen LogP contribution in [0.5, 0.6) is 0 Å². The molecule has 2 unspecified atom stereocenters. The fraction of sp³-hybridized carbons (Fsp3) is 0.800. The molecule has 0 aliphatic carbocycles. The van der Waals surface area contributed by atoms with Gasteiger partial charge in [-0.05, 0) is 40.0 Å². The average Bonchev–Trinajstić information content (AvgIpc) is 2.44. The largest absolute Gasteiger partial charge is 0.326 e. The van der Waals surface area contributed by atoms with E-state index in [-0.39, 0.29) is 12.0 Å². The molecule has 0 bridgehead atoms. The maximum absolute atomic E-state index is 8.78. The molecule has 0 amide bonds. The van der Waals surface area contributed by atoms with Gasteiger partial charge in [0.15, 0.2) is 0 Å². The third-order valence-electron chi connectivity index (χ3n) is 3.58. The van der Waals surface area contributed by atoms with Crippen LogP contribution in [-0.2, 0) is 0 Å². The van der Waals surface area contributed by atoms with Crippen LogP contribution in [0.15, 0.2) is 0 Å². The van der Waals surface area contributed by atoms with E-state index in [1.165, 1.54) is 0 Å². The molecule has 0 fully saturated rings. The van der Waals surface area contributed by atoms with Gasteiger partial charge in [-0.3, -0.25) is 14.7 Å². The van der Waals surface area contributed by atoms with E-state index in [4.69, 9.17) is 21.5 Å². The molecular weight excluding hydrogens is 278 g/mol. The molecule has 2 N–H and O–H groups in total. The van der Waals surface area contributed by atoms with Gasteiger partial charge in [-0.2, -0.15) is 15.8 Å². The van der Waals surface area contributed by atoms with Gasteiger partial charge in [0.05, 0.1) is 37.8 Å². The van der Waals surface area contributed by atoms with E-state index in [0.717, 1.165) is 19.5 Å². The van der Waals surface area contributed by atoms with Gasteiger partial charge >= 0.3 is 0 Å². The molecule has 0 aromatic rings. The summed E-state index contributed by atoms with van der Waals surface area (Å²) in [6, 6.07) is 6.30. The first-order valence-corrected chi connectivity index (χ1v) is 7.36. The highest BCUT2D eigenvalue weighted by molar-refractivity contribution is 4.85. The highest BCUT2D eigenvalue weighted by Crippen LogP contribution is 2.11. The number of nitriles is 3. The zero-order chi connectivity index (χ0) is 17.0. The van der Waals surface area contributed by atoms with Crippen molar-refractivity contribution in [2.45, 2.75) is 12.5 Å². The summed E-state index contributed by atoms with van der Waals surface area (Å²) in [5, 5.41) is 26.2. The minimum absolute atomic E-state index is 0.0741. The van der Waals surface area contributed by atoms with Crippen LogP contribution in [0.2, 0.25) is 0 Å². The lowest BCUT2D eigenvalue weighted by molar-refractivity contribution is 0.208. The Morgan fingerprint density at radius 2 is 1.27 bits per heavy atom. The summed E-state index contributed by atoms with van der Waals surface area (Å²) in [6.07, 6.45) is 0.857. The molecule has 0 rings (SSSR count). The van der Waals surface area contributed by atoms with Crippen LogP contribution in [0.3, 0.4) is 0 Å². The Morgan fingerprint density at radius 1 is 0.818 bits per heavy atom. The molecule has 122 valence electrons. The van der Waals surface area contributed by atoms with Gasteiger partial charge in [-0.15, -0.1) is 0 Å². The lowest BCUT2D eigenvalue weighted by atomic mass is 9.95. The zero-order valence-electron chi connectivity index (χ0n) is 13.9. The summed E-state index contributed by atoms with van der Waals surface area (Å²) in [4.78, 5) is 5.82. The molecule has 0 saturated carbocycles. The summed E-state index contributed by atoms with van der Waals surface area (Å²) in [5.74, 6) is 0.209. The van der Waals surface area contributed by atoms with Gasteiger partial charge in [0.25, 0.3) is 0 Å². The number of rotatable bonds is 11. The lowest BCUT2D eigenvalue weighted by Crippen LogP contribution is -2.46. The minimum Gasteiger partial charge on any atom is -0.326 e. The topological polar surface area (TPSA) is 107 Å². The molecule has 0 aliphatic heterocycles. The lowest BCUT2D eigenvalue weighted by Gasteiger charge is -2.30. The summed E-state index contributed by atoms with van der Waals surface area (Å²) < 4.78 is 0. The van der Waals surface area contributed by atoms with Crippen LogP contribution in [0.1, 0.15) is 6.42 Å². The second-order valence-corrected chi connectivity index (χ2v) is 5.82. The van der Waals surface area contributed by atoms with E-state index in [1.54, 1.807) is 0 Å². The Labute approximate surface area is 134 Å². The van der Waals surface area contributed by atoms with Crippen LogP contribution < -0.4 is 5.73 Å². The number of likely N-dealkylation sites (N-methyl/N-ethyl adjacent to an activating group) is 1. The van der Waals surface area contributed by atoms with E-state index < -0.39 is 0 Å². The Kier molecular flexibility index (Phi) is 11.0. The average molecular weight is 305 g/mol. The number of nitrogens with two attached hydrogens (primary N) is 1. The smallest absolute Gasteiger partial charge is 0.0864 e. The molecule has 0 aromatic carbocycles. The molecule has 0 heterocycles. The predicted molar refractivity (Wildman–Crippen MR) is 85.4 cm³/mol. The van der Waals surface area contributed by atoms with Crippen molar-refractivity contribution >= 4 is 0 Å². The maximum atomic E-state index is 8.78. The maximum Gasteiger partial charge on any atom is 0.0864 e. The van der Waals surface area contributed by atoms with Gasteiger partial charge in [-0.1, -0.05) is 0 Å². The first-order chi connectivity index (χ1) is 10.4. The van der Waals surface area contributed by atoms with Crippen LogP contribution in [-0.4, -0.2) is 81.2 Å². The third kappa shape index (κ3) is 9.28. The molecule has 22 heavy (non-hydrogen) atoms. The van der Waals surface area contributed by atoms with Crippen molar-refractivity contribution in [1.82, 2.24) is 14.7 Å². The number of hydrogen-bond acceptors (Lipinski definition) is 7. The van der Waals surface area contributed by atoms with Crippen LogP contribution in [0.25, 0.3) is 0 Å². The van der Waals surface area contributed by atoms with Crippen molar-refractivity contribution in [3.05, 3.63) is 0 Å². The third-order valence-corrected chi connectivity index (χ3v) is 3.58. The Balaban J connectivity index is 4.60. The normalized spacial score (nSPS) is 13.6. The van der Waals surface area contributed by atoms with E-state index in [2.05, 4.69) is 18.2 Å². The van der Waals surface area contributed by atoms with E-state index in [9.17, 15) is 0 Å². The molecule has 7 nitrogen and oxygen atoms in total. The highest BCUT2D eigenvalue weighted by atomic mass is 15.1. The van der Waals surface area contributed by atoms with Crippen molar-refractivity contribution in [1.29, 1.82) is 15.8 Å². The summed E-state index contributed by atoms with van der Waals surface area (Å²) in [7, 11) is 5.69. The first kappa shape index (κ1) is 20.3. The van der Waals surface area contributed by atoms with E-state index >= 15 is 0 Å². The molecule has 2 atom stereocenters. The van der Waals surface area contributed by atoms with Gasteiger partial charge < -0.3 is 5.73 Å². The van der Waals surface area contributed by atoms with Crippen LogP contribution in [0.4, 0.5) is 0 Å². The number of nitrogens with zero attached hydrogens (tertiary/aromatic N) is 6. The Hall–Kier alpha value is -1.69. The molecule has 0 radical (unpaired) electrons. The Bertz CT molecular complexity index is 417. The van der Waals surface area contributed by atoms with Crippen LogP contribution in [0, 0.1) is 39.9 Å². The Morgan fingerprint density at radius 3 is 1.77 bits per heavy atom. The van der Waals surface area contributed by atoms with E-state index in [0.29, 0.717) is 26.2 Å². The molecule has 0 aliphatic rings. The van der Waals surface area contributed by atoms with Crippen molar-refractivity contribution in [2.24, 2.45) is 11.7 Å². The molecule has 0 aromatic heterocycles. The summed E-state index contributed by atoms with van der Waals surface area (Å²) in [6.45, 7) is 3.27. The van der Waals surface area contributed by atoms with Crippen molar-refractivity contribution < 1.29 is 0 Å². The van der Waals surface area contributed by atoms with Gasteiger partial charge in [0.2, 0.25) is 0 Å². The fourth-order valence-corrected chi connectivity index (χ4v) is 2.31. The van der Waals surface area contributed by atoms with Crippen molar-refractivity contribution in [3.8, 4) is 18.2 Å². The molecule has 0 saturated heterocycles. The zero-order valence-corrected chi connectivity index (χ0v) is 13.9. The standard InChI is InChI=1S/C15H27N7/c1-20(9-5-16)8-4-14(12-21(2)10-6-17)15(19)13-22(3)11-7-18/h14-15H,4,8-13,19H2,1-3H3. The fourth-order valence-electron chi connectivity index (χ4n) is 2.31. The highest BCUT2D eigenvalue weighted by Gasteiger charge is 2.21. The van der Waals surface area contributed by atoms with Crippen molar-refractivity contribution in [3.63, 3.8) is 0 Å². The summed E-state index contributed by atoms with van der Waals surface area (Å²) >= 11 is 0. The number of hydrogen-bond donors (Lipinski definition) is 1.